The molecule has 2 heterocycles. The molecule has 2 saturated heterocycles. The van der Waals surface area contributed by atoms with E-state index in [9.17, 15) is 57.5 Å². The Morgan fingerprint density at radius 2 is 1.14 bits per heavy atom. The van der Waals surface area contributed by atoms with Crippen LogP contribution in [0.3, 0.4) is 0 Å². The number of alkyl halides is 12. The Balaban J connectivity index is 2.12. The Hall–Kier alpha value is -3.13. The lowest BCUT2D eigenvalue weighted by atomic mass is 9.75. The van der Waals surface area contributed by atoms with Crippen molar-refractivity contribution in [3.63, 3.8) is 0 Å². The topological polar surface area (TPSA) is 29.5 Å². The zero-order chi connectivity index (χ0) is 27.8. The summed E-state index contributed by atoms with van der Waals surface area (Å²) in [6, 6.07) is -1.39. The van der Waals surface area contributed by atoms with Crippen molar-refractivity contribution in [1.82, 2.24) is 4.90 Å². The monoisotopic (exact) mass is 551 g/mol. The van der Waals surface area contributed by atoms with Crippen molar-refractivity contribution < 1.29 is 62.2 Å². The van der Waals surface area contributed by atoms with E-state index in [0.717, 1.165) is 4.90 Å². The SMILES string of the molecule is O=C1OC(c2ccc(C(F)(F)F)cc2C(F)(F)F)(c2ccc(C(F)(F)F)cc2C(F)(F)F)[C@@H]2CCCN12. The molecule has 2 aliphatic heterocycles. The Kier molecular flexibility index (Phi) is 5.95. The van der Waals surface area contributed by atoms with Crippen LogP contribution in [-0.4, -0.2) is 23.6 Å². The van der Waals surface area contributed by atoms with Crippen LogP contribution < -0.4 is 0 Å². The summed E-state index contributed by atoms with van der Waals surface area (Å²) in [5.41, 5.74) is -13.2. The molecule has 15 heteroatoms. The van der Waals surface area contributed by atoms with E-state index in [-0.39, 0.29) is 55.8 Å². The van der Waals surface area contributed by atoms with E-state index in [0.29, 0.717) is 0 Å². The number of hydrogen-bond donors (Lipinski definition) is 0. The quantitative estimate of drug-likeness (QED) is 0.360. The number of hydrogen-bond acceptors (Lipinski definition) is 2. The predicted octanol–water partition coefficient (Wildman–Crippen LogP) is 7.62. The van der Waals surface area contributed by atoms with Crippen molar-refractivity contribution in [2.75, 3.05) is 6.54 Å². The Morgan fingerprint density at radius 1 is 0.703 bits per heavy atom. The minimum absolute atomic E-state index is 0.0888. The van der Waals surface area contributed by atoms with Gasteiger partial charge in [0.25, 0.3) is 0 Å². The molecule has 3 nitrogen and oxygen atoms in total. The summed E-state index contributed by atoms with van der Waals surface area (Å²) >= 11 is 0. The molecule has 0 aromatic heterocycles. The first kappa shape index (κ1) is 26.9. The van der Waals surface area contributed by atoms with Crippen LogP contribution in [0.4, 0.5) is 57.5 Å². The molecular formula is C22H13F12NO2. The normalized spacial score (nSPS) is 20.3. The fourth-order valence-corrected chi connectivity index (χ4v) is 4.84. The lowest BCUT2D eigenvalue weighted by Crippen LogP contribution is -2.43. The molecule has 0 aliphatic carbocycles. The number of fused-ring (bicyclic) bond motifs is 1. The molecule has 37 heavy (non-hydrogen) atoms. The number of halogens is 12. The van der Waals surface area contributed by atoms with Crippen LogP contribution in [0.25, 0.3) is 0 Å². The molecule has 2 aliphatic rings. The van der Waals surface area contributed by atoms with E-state index in [4.69, 9.17) is 4.74 Å². The van der Waals surface area contributed by atoms with Gasteiger partial charge in [-0.15, -0.1) is 0 Å². The van der Waals surface area contributed by atoms with Crippen molar-refractivity contribution in [1.29, 1.82) is 0 Å². The van der Waals surface area contributed by atoms with Crippen molar-refractivity contribution in [2.45, 2.75) is 49.2 Å². The van der Waals surface area contributed by atoms with E-state index in [1.165, 1.54) is 0 Å². The first-order valence-electron chi connectivity index (χ1n) is 10.4. The number of carbonyl (C=O) groups excluding carboxylic acids is 1. The number of cyclic esters (lactones) is 1. The second kappa shape index (κ2) is 8.18. The van der Waals surface area contributed by atoms with Crippen molar-refractivity contribution in [3.05, 3.63) is 69.8 Å². The summed E-state index contributed by atoms with van der Waals surface area (Å²) in [6.45, 7) is -0.158. The van der Waals surface area contributed by atoms with Crippen LogP contribution in [0.2, 0.25) is 0 Å². The van der Waals surface area contributed by atoms with Gasteiger partial charge in [-0.25, -0.2) is 4.79 Å². The molecule has 0 spiro atoms. The lowest BCUT2D eigenvalue weighted by Gasteiger charge is -2.37. The molecule has 4 rings (SSSR count). The third kappa shape index (κ3) is 4.45. The summed E-state index contributed by atoms with van der Waals surface area (Å²) in [6.07, 6.45) is -23.2. The van der Waals surface area contributed by atoms with Crippen LogP contribution in [0.15, 0.2) is 36.4 Å². The summed E-state index contributed by atoms with van der Waals surface area (Å²) in [7, 11) is 0. The van der Waals surface area contributed by atoms with Gasteiger partial charge >= 0.3 is 30.8 Å². The largest absolute Gasteiger partial charge is 0.431 e. The maximum Gasteiger partial charge on any atom is 0.416 e. The molecule has 0 saturated carbocycles. The average molecular weight is 551 g/mol. The van der Waals surface area contributed by atoms with Gasteiger partial charge in [0.1, 0.15) is 0 Å². The highest BCUT2D eigenvalue weighted by Gasteiger charge is 2.62. The molecule has 202 valence electrons. The van der Waals surface area contributed by atoms with Gasteiger partial charge in [-0.3, -0.25) is 0 Å². The van der Waals surface area contributed by atoms with Gasteiger partial charge in [-0.1, -0.05) is 12.1 Å². The highest BCUT2D eigenvalue weighted by molar-refractivity contribution is 5.75. The van der Waals surface area contributed by atoms with Gasteiger partial charge in [0.15, 0.2) is 5.60 Å². The molecule has 2 aromatic carbocycles. The Morgan fingerprint density at radius 3 is 1.51 bits per heavy atom. The number of ether oxygens (including phenoxy) is 1. The third-order valence-corrected chi connectivity index (χ3v) is 6.31. The smallest absolute Gasteiger partial charge is 0.416 e. The van der Waals surface area contributed by atoms with Crippen LogP contribution >= 0.6 is 0 Å². The van der Waals surface area contributed by atoms with Gasteiger partial charge in [-0.2, -0.15) is 52.7 Å². The van der Waals surface area contributed by atoms with Crippen molar-refractivity contribution >= 4 is 6.09 Å². The number of amides is 1. The molecule has 0 bridgehead atoms. The molecule has 2 aromatic rings. The number of benzene rings is 2. The van der Waals surface area contributed by atoms with E-state index in [2.05, 4.69) is 0 Å². The van der Waals surface area contributed by atoms with Crippen molar-refractivity contribution in [2.24, 2.45) is 0 Å². The molecule has 0 unspecified atom stereocenters. The molecule has 1 amide bonds. The predicted molar refractivity (Wildman–Crippen MR) is 99.9 cm³/mol. The van der Waals surface area contributed by atoms with Crippen LogP contribution in [0.1, 0.15) is 46.2 Å². The summed E-state index contributed by atoms with van der Waals surface area (Å²) in [5, 5.41) is 0. The average Bonchev–Trinajstić information content (AvgIpc) is 3.34. The van der Waals surface area contributed by atoms with E-state index in [1.807, 2.05) is 0 Å². The maximum absolute atomic E-state index is 14.1. The Labute approximate surface area is 199 Å². The molecule has 0 radical (unpaired) electrons. The molecular weight excluding hydrogens is 538 g/mol. The summed E-state index contributed by atoms with van der Waals surface area (Å²) in [5.74, 6) is 0. The number of rotatable bonds is 2. The fourth-order valence-electron chi connectivity index (χ4n) is 4.84. The summed E-state index contributed by atoms with van der Waals surface area (Å²) < 4.78 is 169. The first-order chi connectivity index (χ1) is 16.8. The second-order valence-electron chi connectivity index (χ2n) is 8.47. The third-order valence-electron chi connectivity index (χ3n) is 6.31. The molecule has 1 atom stereocenters. The minimum atomic E-state index is -5.58. The fraction of sp³-hybridized carbons (Fsp3) is 0.409. The zero-order valence-corrected chi connectivity index (χ0v) is 18.0. The maximum atomic E-state index is 14.1. The van der Waals surface area contributed by atoms with E-state index >= 15 is 0 Å². The highest BCUT2D eigenvalue weighted by atomic mass is 19.4. The second-order valence-corrected chi connectivity index (χ2v) is 8.47. The van der Waals surface area contributed by atoms with Crippen LogP contribution in [0.5, 0.6) is 0 Å². The van der Waals surface area contributed by atoms with Gasteiger partial charge in [0.05, 0.1) is 28.3 Å². The van der Waals surface area contributed by atoms with Gasteiger partial charge in [0, 0.05) is 17.7 Å². The minimum Gasteiger partial charge on any atom is -0.431 e. The standard InChI is InChI=1S/C22H13F12NO2/c23-19(24,25)10-3-5-12(14(8-10)21(29,30)31)18(16-2-1-7-35(16)17(36)37-18)13-6-4-11(20(26,27)28)9-15(13)22(32,33)34/h3-6,8-9,16H,1-2,7H2/t16-/m0/s1. The van der Waals surface area contributed by atoms with Gasteiger partial charge in [0.2, 0.25) is 0 Å². The zero-order valence-electron chi connectivity index (χ0n) is 18.0. The van der Waals surface area contributed by atoms with E-state index < -0.39 is 75.8 Å². The van der Waals surface area contributed by atoms with Crippen LogP contribution in [0, 0.1) is 0 Å². The highest BCUT2D eigenvalue weighted by Crippen LogP contribution is 2.55. The number of nitrogens with zero attached hydrogens (tertiary/aromatic N) is 1. The first-order valence-corrected chi connectivity index (χ1v) is 10.4. The van der Waals surface area contributed by atoms with Crippen LogP contribution in [-0.2, 0) is 35.0 Å². The van der Waals surface area contributed by atoms with Gasteiger partial charge < -0.3 is 9.64 Å². The molecule has 2 fully saturated rings. The molecule has 0 N–H and O–H groups in total. The Bertz CT molecular complexity index is 1150. The van der Waals surface area contributed by atoms with E-state index in [1.54, 1.807) is 0 Å². The number of carbonyl (C=O) groups is 1. The summed E-state index contributed by atoms with van der Waals surface area (Å²) in [4.78, 5) is 13.4. The van der Waals surface area contributed by atoms with Crippen molar-refractivity contribution in [3.8, 4) is 0 Å². The lowest BCUT2D eigenvalue weighted by molar-refractivity contribution is -0.145. The van der Waals surface area contributed by atoms with Gasteiger partial charge in [-0.05, 0) is 37.1 Å².